The molecule has 0 bridgehead atoms. The topological polar surface area (TPSA) is 55.5 Å². The fourth-order valence-electron chi connectivity index (χ4n) is 2.50. The van der Waals surface area contributed by atoms with E-state index in [9.17, 15) is 0 Å². The third-order valence-electron chi connectivity index (χ3n) is 3.20. The van der Waals surface area contributed by atoms with E-state index in [0.717, 1.165) is 30.4 Å². The molecule has 18 heavy (non-hydrogen) atoms. The molecule has 0 N–H and O–H groups in total. The van der Waals surface area contributed by atoms with E-state index < -0.39 is 0 Å². The molecule has 6 nitrogen and oxygen atoms in total. The molecule has 0 amide bonds. The highest BCUT2D eigenvalue weighted by atomic mass is 16.5. The third kappa shape index (κ3) is 1.82. The molecule has 0 aromatic carbocycles. The van der Waals surface area contributed by atoms with Crippen LogP contribution in [-0.4, -0.2) is 44.9 Å². The summed E-state index contributed by atoms with van der Waals surface area (Å²) in [6.07, 6.45) is 4.10. The van der Waals surface area contributed by atoms with Gasteiger partial charge < -0.3 is 9.64 Å². The Morgan fingerprint density at radius 2 is 1.94 bits per heavy atom. The minimum atomic E-state index is 0.208. The number of hydrogen-bond acceptors (Lipinski definition) is 5. The van der Waals surface area contributed by atoms with Crippen molar-refractivity contribution < 1.29 is 4.74 Å². The van der Waals surface area contributed by atoms with Crippen molar-refractivity contribution in [2.45, 2.75) is 33.0 Å². The van der Waals surface area contributed by atoms with Gasteiger partial charge in [-0.2, -0.15) is 0 Å². The molecule has 2 unspecified atom stereocenters. The first-order valence-electron chi connectivity index (χ1n) is 6.22. The third-order valence-corrected chi connectivity index (χ3v) is 3.20. The number of nitrogens with zero attached hydrogens (tertiary/aromatic N) is 5. The van der Waals surface area contributed by atoms with Crippen molar-refractivity contribution in [3.63, 3.8) is 0 Å². The summed E-state index contributed by atoms with van der Waals surface area (Å²) in [6.45, 7) is 7.77. The van der Waals surface area contributed by atoms with E-state index in [1.807, 2.05) is 17.5 Å². The van der Waals surface area contributed by atoms with Crippen LogP contribution < -0.4 is 4.90 Å². The fraction of sp³-hybridized carbons (Fsp3) is 0.583. The van der Waals surface area contributed by atoms with Crippen LogP contribution in [0.15, 0.2) is 12.4 Å². The number of hydrogen-bond donors (Lipinski definition) is 0. The van der Waals surface area contributed by atoms with Crippen LogP contribution in [0.5, 0.6) is 0 Å². The number of ether oxygens (including phenoxy) is 1. The van der Waals surface area contributed by atoms with Crippen molar-refractivity contribution in [2.75, 3.05) is 18.0 Å². The summed E-state index contributed by atoms with van der Waals surface area (Å²) in [4.78, 5) is 6.68. The quantitative estimate of drug-likeness (QED) is 0.754. The lowest BCUT2D eigenvalue weighted by Crippen LogP contribution is -2.46. The standard InChI is InChI=1S/C12H17N5O/c1-8-6-16(7-9(2)18-8)11-12-15-14-10(3)17(12)5-4-13-11/h4-5,8-9H,6-7H2,1-3H3. The minimum Gasteiger partial charge on any atom is -0.372 e. The van der Waals surface area contributed by atoms with Gasteiger partial charge in [0.15, 0.2) is 5.82 Å². The van der Waals surface area contributed by atoms with Crippen molar-refractivity contribution in [1.82, 2.24) is 19.6 Å². The molecule has 3 heterocycles. The van der Waals surface area contributed by atoms with Gasteiger partial charge in [-0.15, -0.1) is 10.2 Å². The molecule has 3 rings (SSSR count). The van der Waals surface area contributed by atoms with Gasteiger partial charge in [-0.05, 0) is 20.8 Å². The predicted molar refractivity (Wildman–Crippen MR) is 67.7 cm³/mol. The highest BCUT2D eigenvalue weighted by Gasteiger charge is 2.25. The molecule has 96 valence electrons. The van der Waals surface area contributed by atoms with E-state index in [-0.39, 0.29) is 12.2 Å². The zero-order valence-electron chi connectivity index (χ0n) is 10.9. The van der Waals surface area contributed by atoms with E-state index in [1.165, 1.54) is 0 Å². The molecule has 0 radical (unpaired) electrons. The maximum Gasteiger partial charge on any atom is 0.203 e. The molecule has 2 atom stereocenters. The largest absolute Gasteiger partial charge is 0.372 e. The van der Waals surface area contributed by atoms with E-state index in [4.69, 9.17) is 4.74 Å². The second-order valence-corrected chi connectivity index (χ2v) is 4.85. The Morgan fingerprint density at radius 1 is 1.22 bits per heavy atom. The van der Waals surface area contributed by atoms with Crippen LogP contribution >= 0.6 is 0 Å². The Hall–Kier alpha value is -1.69. The van der Waals surface area contributed by atoms with Crippen molar-refractivity contribution in [3.05, 3.63) is 18.2 Å². The van der Waals surface area contributed by atoms with Gasteiger partial charge in [-0.25, -0.2) is 4.98 Å². The molecule has 1 fully saturated rings. The Balaban J connectivity index is 2.03. The van der Waals surface area contributed by atoms with E-state index in [0.29, 0.717) is 0 Å². The lowest BCUT2D eigenvalue weighted by atomic mass is 10.2. The molecule has 1 saturated heterocycles. The first-order chi connectivity index (χ1) is 8.65. The fourth-order valence-corrected chi connectivity index (χ4v) is 2.50. The van der Waals surface area contributed by atoms with Gasteiger partial charge in [0.05, 0.1) is 12.2 Å². The maximum atomic E-state index is 5.74. The van der Waals surface area contributed by atoms with Gasteiger partial charge in [0.25, 0.3) is 0 Å². The second-order valence-electron chi connectivity index (χ2n) is 4.85. The Bertz CT molecular complexity index is 557. The SMILES string of the molecule is Cc1nnc2c(N3CC(C)OC(C)C3)nccn12. The number of rotatable bonds is 1. The molecular formula is C12H17N5O. The minimum absolute atomic E-state index is 0.208. The molecule has 2 aromatic heterocycles. The zero-order chi connectivity index (χ0) is 12.7. The summed E-state index contributed by atoms with van der Waals surface area (Å²) in [7, 11) is 0. The summed E-state index contributed by atoms with van der Waals surface area (Å²) in [6, 6.07) is 0. The average molecular weight is 247 g/mol. The molecule has 1 aliphatic heterocycles. The monoisotopic (exact) mass is 247 g/mol. The normalized spacial score (nSPS) is 24.7. The number of aromatic nitrogens is 4. The molecule has 1 aliphatic rings. The van der Waals surface area contributed by atoms with Gasteiger partial charge in [0, 0.05) is 25.5 Å². The predicted octanol–water partition coefficient (Wildman–Crippen LogP) is 1.05. The summed E-state index contributed by atoms with van der Waals surface area (Å²) in [5.41, 5.74) is 0.816. The average Bonchev–Trinajstić information content (AvgIpc) is 2.70. The van der Waals surface area contributed by atoms with Crippen molar-refractivity contribution >= 4 is 11.5 Å². The molecule has 0 aliphatic carbocycles. The van der Waals surface area contributed by atoms with Gasteiger partial charge in [-0.1, -0.05) is 0 Å². The molecule has 2 aromatic rings. The molecule has 0 saturated carbocycles. The van der Waals surface area contributed by atoms with Gasteiger partial charge in [0.1, 0.15) is 5.82 Å². The smallest absolute Gasteiger partial charge is 0.203 e. The Labute approximate surface area is 106 Å². The van der Waals surface area contributed by atoms with E-state index >= 15 is 0 Å². The maximum absolute atomic E-state index is 5.74. The Kier molecular flexibility index (Phi) is 2.66. The van der Waals surface area contributed by atoms with Crippen LogP contribution in [0, 0.1) is 6.92 Å². The van der Waals surface area contributed by atoms with Gasteiger partial charge >= 0.3 is 0 Å². The van der Waals surface area contributed by atoms with Crippen LogP contribution in [-0.2, 0) is 4.74 Å². The molecular weight excluding hydrogens is 230 g/mol. The summed E-state index contributed by atoms with van der Waals surface area (Å²) < 4.78 is 7.71. The lowest BCUT2D eigenvalue weighted by molar-refractivity contribution is -0.00539. The Morgan fingerprint density at radius 3 is 2.67 bits per heavy atom. The zero-order valence-corrected chi connectivity index (χ0v) is 10.9. The number of fused-ring (bicyclic) bond motifs is 1. The number of anilines is 1. The first kappa shape index (κ1) is 11.4. The van der Waals surface area contributed by atoms with Gasteiger partial charge in [0.2, 0.25) is 5.65 Å². The molecule has 0 spiro atoms. The van der Waals surface area contributed by atoms with E-state index in [2.05, 4.69) is 33.9 Å². The molecule has 6 heteroatoms. The summed E-state index contributed by atoms with van der Waals surface area (Å²) >= 11 is 0. The van der Waals surface area contributed by atoms with Crippen LogP contribution in [0.2, 0.25) is 0 Å². The van der Waals surface area contributed by atoms with Crippen molar-refractivity contribution in [3.8, 4) is 0 Å². The van der Waals surface area contributed by atoms with Crippen LogP contribution in [0.1, 0.15) is 19.7 Å². The lowest BCUT2D eigenvalue weighted by Gasteiger charge is -2.35. The number of morpholine rings is 1. The van der Waals surface area contributed by atoms with Crippen LogP contribution in [0.4, 0.5) is 5.82 Å². The highest BCUT2D eigenvalue weighted by molar-refractivity contribution is 5.64. The van der Waals surface area contributed by atoms with Crippen LogP contribution in [0.25, 0.3) is 5.65 Å². The second kappa shape index (κ2) is 4.20. The summed E-state index contributed by atoms with van der Waals surface area (Å²) in [5.74, 6) is 1.77. The van der Waals surface area contributed by atoms with Crippen molar-refractivity contribution in [2.24, 2.45) is 0 Å². The van der Waals surface area contributed by atoms with Gasteiger partial charge in [-0.3, -0.25) is 4.40 Å². The highest BCUT2D eigenvalue weighted by Crippen LogP contribution is 2.21. The van der Waals surface area contributed by atoms with Crippen LogP contribution in [0.3, 0.4) is 0 Å². The van der Waals surface area contributed by atoms with E-state index in [1.54, 1.807) is 6.20 Å². The van der Waals surface area contributed by atoms with Crippen molar-refractivity contribution in [1.29, 1.82) is 0 Å². The number of aryl methyl sites for hydroxylation is 1. The first-order valence-corrected chi connectivity index (χ1v) is 6.22. The summed E-state index contributed by atoms with van der Waals surface area (Å²) in [5, 5.41) is 8.32.